The van der Waals surface area contributed by atoms with E-state index in [2.05, 4.69) is 15.3 Å². The zero-order valence-electron chi connectivity index (χ0n) is 10.2. The van der Waals surface area contributed by atoms with Gasteiger partial charge in [-0.1, -0.05) is 16.4 Å². The second-order valence-electron chi connectivity index (χ2n) is 3.88. The lowest BCUT2D eigenvalue weighted by atomic mass is 10.3. The number of thiophene rings is 1. The molecule has 0 saturated heterocycles. The number of thioether (sulfide) groups is 1. The van der Waals surface area contributed by atoms with Crippen molar-refractivity contribution in [3.05, 3.63) is 41.0 Å². The molecule has 0 N–H and O–H groups in total. The molecule has 0 bridgehead atoms. The van der Waals surface area contributed by atoms with Crippen molar-refractivity contribution in [2.45, 2.75) is 18.4 Å². The first-order valence-electron chi connectivity index (χ1n) is 5.67. The molecule has 0 atom stereocenters. The molecule has 5 nitrogen and oxygen atoms in total. The summed E-state index contributed by atoms with van der Waals surface area (Å²) in [6.07, 6.45) is 0. The fraction of sp³-hybridized carbons (Fsp3) is 0.250. The Morgan fingerprint density at radius 1 is 1.26 bits per heavy atom. The lowest BCUT2D eigenvalue weighted by Gasteiger charge is -1.92. The van der Waals surface area contributed by atoms with Gasteiger partial charge in [0.25, 0.3) is 0 Å². The van der Waals surface area contributed by atoms with Gasteiger partial charge in [0.1, 0.15) is 0 Å². The van der Waals surface area contributed by atoms with E-state index in [1.165, 1.54) is 0 Å². The largest absolute Gasteiger partial charge is 0.355 e. The van der Waals surface area contributed by atoms with E-state index >= 15 is 0 Å². The average Bonchev–Trinajstić information content (AvgIpc) is 3.09. The van der Waals surface area contributed by atoms with Gasteiger partial charge in [0.2, 0.25) is 5.89 Å². The zero-order valence-corrected chi connectivity index (χ0v) is 11.8. The van der Waals surface area contributed by atoms with Gasteiger partial charge in [-0.25, -0.2) is 0 Å². The summed E-state index contributed by atoms with van der Waals surface area (Å²) >= 11 is 3.32. The Morgan fingerprint density at radius 2 is 2.21 bits per heavy atom. The zero-order chi connectivity index (χ0) is 13.1. The number of hydrogen-bond acceptors (Lipinski definition) is 7. The van der Waals surface area contributed by atoms with Crippen molar-refractivity contribution in [3.8, 4) is 10.6 Å². The van der Waals surface area contributed by atoms with E-state index in [1.807, 2.05) is 23.6 Å². The first kappa shape index (κ1) is 12.4. The van der Waals surface area contributed by atoms with Crippen LogP contribution in [0.5, 0.6) is 0 Å². The summed E-state index contributed by atoms with van der Waals surface area (Å²) < 4.78 is 10.2. The standard InChI is InChI=1S/C12H11N3O2S2/c1-8-13-12(15-16-8)7-18-6-9-5-10(17-14-9)11-3-2-4-19-11/h2-5H,6-7H2,1H3. The molecule has 3 heterocycles. The lowest BCUT2D eigenvalue weighted by Crippen LogP contribution is -1.85. The van der Waals surface area contributed by atoms with Gasteiger partial charge in [0, 0.05) is 18.7 Å². The van der Waals surface area contributed by atoms with Crippen molar-refractivity contribution < 1.29 is 9.05 Å². The van der Waals surface area contributed by atoms with Gasteiger partial charge in [-0.2, -0.15) is 4.98 Å². The molecule has 0 unspecified atom stereocenters. The molecule has 3 rings (SSSR count). The molecule has 19 heavy (non-hydrogen) atoms. The topological polar surface area (TPSA) is 65.0 Å². The van der Waals surface area contributed by atoms with Crippen molar-refractivity contribution >= 4 is 23.1 Å². The Labute approximate surface area is 118 Å². The molecule has 7 heteroatoms. The minimum Gasteiger partial charge on any atom is -0.355 e. The summed E-state index contributed by atoms with van der Waals surface area (Å²) in [5.74, 6) is 3.60. The molecular formula is C12H11N3O2S2. The van der Waals surface area contributed by atoms with Crippen LogP contribution in [0.4, 0.5) is 0 Å². The van der Waals surface area contributed by atoms with E-state index < -0.39 is 0 Å². The Hall–Kier alpha value is -1.60. The Morgan fingerprint density at radius 3 is 2.95 bits per heavy atom. The summed E-state index contributed by atoms with van der Waals surface area (Å²) in [5.41, 5.74) is 0.925. The van der Waals surface area contributed by atoms with E-state index in [1.54, 1.807) is 30.0 Å². The maximum Gasteiger partial charge on any atom is 0.223 e. The molecule has 98 valence electrons. The molecule has 0 aromatic carbocycles. The van der Waals surface area contributed by atoms with Crippen LogP contribution in [-0.4, -0.2) is 15.3 Å². The number of aryl methyl sites for hydroxylation is 1. The lowest BCUT2D eigenvalue weighted by molar-refractivity contribution is 0.389. The van der Waals surface area contributed by atoms with Crippen LogP contribution < -0.4 is 0 Å². The average molecular weight is 293 g/mol. The molecule has 0 radical (unpaired) electrons. The Kier molecular flexibility index (Phi) is 3.65. The fourth-order valence-electron chi connectivity index (χ4n) is 1.56. The van der Waals surface area contributed by atoms with Gasteiger partial charge in [0.15, 0.2) is 11.6 Å². The van der Waals surface area contributed by atoms with Crippen LogP contribution in [-0.2, 0) is 11.5 Å². The van der Waals surface area contributed by atoms with Crippen LogP contribution in [0.15, 0.2) is 32.6 Å². The molecule has 0 fully saturated rings. The summed E-state index contributed by atoms with van der Waals surface area (Å²) in [6.45, 7) is 1.78. The highest BCUT2D eigenvalue weighted by atomic mass is 32.2. The van der Waals surface area contributed by atoms with Crippen LogP contribution >= 0.6 is 23.1 Å². The van der Waals surface area contributed by atoms with Gasteiger partial charge >= 0.3 is 0 Å². The molecule has 0 spiro atoms. The molecule has 0 aliphatic heterocycles. The van der Waals surface area contributed by atoms with Crippen LogP contribution in [0.3, 0.4) is 0 Å². The van der Waals surface area contributed by atoms with Gasteiger partial charge in [-0.15, -0.1) is 23.1 Å². The minimum atomic E-state index is 0.594. The van der Waals surface area contributed by atoms with Gasteiger partial charge < -0.3 is 9.05 Å². The van der Waals surface area contributed by atoms with Crippen molar-refractivity contribution in [1.29, 1.82) is 0 Å². The molecule has 0 aliphatic carbocycles. The van der Waals surface area contributed by atoms with Crippen molar-refractivity contribution in [2.24, 2.45) is 0 Å². The van der Waals surface area contributed by atoms with Crippen molar-refractivity contribution in [3.63, 3.8) is 0 Å². The predicted octanol–water partition coefficient (Wildman–Crippen LogP) is 3.53. The molecule has 0 amide bonds. The number of aromatic nitrogens is 3. The van der Waals surface area contributed by atoms with Crippen LogP contribution in [0, 0.1) is 6.92 Å². The molecule has 3 aromatic rings. The maximum atomic E-state index is 5.31. The monoisotopic (exact) mass is 293 g/mol. The van der Waals surface area contributed by atoms with E-state index in [0.717, 1.165) is 22.1 Å². The number of rotatable bonds is 5. The third kappa shape index (κ3) is 3.05. The normalized spacial score (nSPS) is 11.0. The number of hydrogen-bond donors (Lipinski definition) is 0. The molecule has 3 aromatic heterocycles. The Bertz CT molecular complexity index is 646. The van der Waals surface area contributed by atoms with E-state index in [4.69, 9.17) is 9.05 Å². The van der Waals surface area contributed by atoms with E-state index in [0.29, 0.717) is 17.5 Å². The molecular weight excluding hydrogens is 282 g/mol. The predicted molar refractivity (Wildman–Crippen MR) is 73.9 cm³/mol. The van der Waals surface area contributed by atoms with Crippen LogP contribution in [0.2, 0.25) is 0 Å². The highest BCUT2D eigenvalue weighted by molar-refractivity contribution is 7.97. The van der Waals surface area contributed by atoms with Crippen molar-refractivity contribution in [1.82, 2.24) is 15.3 Å². The quantitative estimate of drug-likeness (QED) is 0.717. The highest BCUT2D eigenvalue weighted by Crippen LogP contribution is 2.26. The van der Waals surface area contributed by atoms with Crippen LogP contribution in [0.25, 0.3) is 10.6 Å². The first-order chi connectivity index (χ1) is 9.31. The number of nitrogens with zero attached hydrogens (tertiary/aromatic N) is 3. The first-order valence-corrected chi connectivity index (χ1v) is 7.71. The second kappa shape index (κ2) is 5.58. The smallest absolute Gasteiger partial charge is 0.223 e. The summed E-state index contributed by atoms with van der Waals surface area (Å²) in [5, 5.41) is 9.92. The van der Waals surface area contributed by atoms with E-state index in [9.17, 15) is 0 Å². The van der Waals surface area contributed by atoms with Crippen LogP contribution in [0.1, 0.15) is 17.4 Å². The SMILES string of the molecule is Cc1nc(CSCc2cc(-c3cccs3)on2)no1. The third-order valence-electron chi connectivity index (χ3n) is 2.37. The van der Waals surface area contributed by atoms with Gasteiger partial charge in [-0.3, -0.25) is 0 Å². The van der Waals surface area contributed by atoms with Gasteiger partial charge in [0.05, 0.1) is 16.3 Å². The second-order valence-corrected chi connectivity index (χ2v) is 5.82. The molecule has 0 aliphatic rings. The van der Waals surface area contributed by atoms with Gasteiger partial charge in [-0.05, 0) is 11.4 Å². The minimum absolute atomic E-state index is 0.594. The summed E-state index contributed by atoms with van der Waals surface area (Å²) in [7, 11) is 0. The molecule has 0 saturated carbocycles. The Balaban J connectivity index is 1.56. The van der Waals surface area contributed by atoms with Crippen molar-refractivity contribution in [2.75, 3.05) is 0 Å². The summed E-state index contributed by atoms with van der Waals surface area (Å²) in [4.78, 5) is 5.24. The van der Waals surface area contributed by atoms with E-state index in [-0.39, 0.29) is 0 Å². The third-order valence-corrected chi connectivity index (χ3v) is 4.22. The summed E-state index contributed by atoms with van der Waals surface area (Å²) in [6, 6.07) is 5.99. The fourth-order valence-corrected chi connectivity index (χ4v) is 2.98. The maximum absolute atomic E-state index is 5.31. The highest BCUT2D eigenvalue weighted by Gasteiger charge is 2.08.